The maximum Gasteiger partial charge on any atom is 0.180 e. The maximum atomic E-state index is 12.9. The first-order chi connectivity index (χ1) is 10.1. The maximum absolute atomic E-state index is 12.9. The number of carbonyl (C=O) groups is 1. The van der Waals surface area contributed by atoms with Crippen LogP contribution in [0.1, 0.15) is 27.9 Å². The van der Waals surface area contributed by atoms with Crippen molar-refractivity contribution in [1.29, 1.82) is 0 Å². The fourth-order valence-corrected chi connectivity index (χ4v) is 4.63. The van der Waals surface area contributed by atoms with Crippen LogP contribution in [0.3, 0.4) is 0 Å². The van der Waals surface area contributed by atoms with Crippen LogP contribution in [0, 0.1) is 5.92 Å². The Bertz CT molecular complexity index is 594. The van der Waals surface area contributed by atoms with Crippen molar-refractivity contribution in [3.8, 4) is 0 Å². The highest BCUT2D eigenvalue weighted by atomic mass is 32.1. The first-order valence-electron chi connectivity index (χ1n) is 7.21. The zero-order valence-electron chi connectivity index (χ0n) is 12.0. The van der Waals surface area contributed by atoms with Crippen molar-refractivity contribution in [1.82, 2.24) is 4.90 Å². The van der Waals surface area contributed by atoms with E-state index < -0.39 is 5.60 Å². The van der Waals surface area contributed by atoms with Gasteiger partial charge in [0.05, 0.1) is 10.8 Å². The van der Waals surface area contributed by atoms with Crippen LogP contribution in [-0.4, -0.2) is 35.4 Å². The topological polar surface area (TPSA) is 40.5 Å². The normalized spacial score (nSPS) is 26.9. The SMILES string of the molecule is CCN1CCC(O)(c2cccs2)C(C(=O)c2cccs2)C1. The van der Waals surface area contributed by atoms with Crippen molar-refractivity contribution in [3.05, 3.63) is 44.8 Å². The van der Waals surface area contributed by atoms with E-state index in [1.165, 1.54) is 22.7 Å². The lowest BCUT2D eigenvalue weighted by atomic mass is 9.77. The van der Waals surface area contributed by atoms with Crippen molar-refractivity contribution in [3.63, 3.8) is 0 Å². The number of hydrogen-bond acceptors (Lipinski definition) is 5. The van der Waals surface area contributed by atoms with E-state index in [0.717, 1.165) is 22.8 Å². The molecule has 1 aliphatic heterocycles. The fraction of sp³-hybridized carbons (Fsp3) is 0.438. The van der Waals surface area contributed by atoms with Crippen LogP contribution in [0.25, 0.3) is 0 Å². The van der Waals surface area contributed by atoms with Gasteiger partial charge in [-0.05, 0) is 35.9 Å². The zero-order chi connectivity index (χ0) is 14.9. The number of piperidine rings is 1. The zero-order valence-corrected chi connectivity index (χ0v) is 13.6. The van der Waals surface area contributed by atoms with Gasteiger partial charge in [0.15, 0.2) is 5.78 Å². The van der Waals surface area contributed by atoms with Gasteiger partial charge in [-0.3, -0.25) is 4.79 Å². The largest absolute Gasteiger partial charge is 0.383 e. The molecule has 2 aromatic rings. The van der Waals surface area contributed by atoms with Crippen LogP contribution in [0.15, 0.2) is 35.0 Å². The fourth-order valence-electron chi connectivity index (χ4n) is 3.00. The van der Waals surface area contributed by atoms with Crippen molar-refractivity contribution >= 4 is 28.5 Å². The number of Topliss-reactive ketones (excluding diaryl/α,β-unsaturated/α-hetero) is 1. The first kappa shape index (κ1) is 14.9. The molecule has 112 valence electrons. The molecule has 0 amide bonds. The molecule has 0 bridgehead atoms. The summed E-state index contributed by atoms with van der Waals surface area (Å²) in [6.07, 6.45) is 0.614. The lowest BCUT2D eigenvalue weighted by Crippen LogP contribution is -2.52. The minimum atomic E-state index is -1.03. The van der Waals surface area contributed by atoms with Gasteiger partial charge in [0.2, 0.25) is 0 Å². The van der Waals surface area contributed by atoms with Gasteiger partial charge in [-0.15, -0.1) is 22.7 Å². The Balaban J connectivity index is 1.96. The number of carbonyl (C=O) groups excluding carboxylic acids is 1. The van der Waals surface area contributed by atoms with Crippen molar-refractivity contribution in [2.75, 3.05) is 19.6 Å². The molecule has 2 aromatic heterocycles. The third kappa shape index (κ3) is 2.71. The second kappa shape index (κ2) is 6.01. The average molecular weight is 321 g/mol. The van der Waals surface area contributed by atoms with Crippen LogP contribution in [0.4, 0.5) is 0 Å². The Morgan fingerprint density at radius 1 is 1.38 bits per heavy atom. The molecular formula is C16H19NO2S2. The monoisotopic (exact) mass is 321 g/mol. The average Bonchev–Trinajstić information content (AvgIpc) is 3.20. The minimum absolute atomic E-state index is 0.0686. The van der Waals surface area contributed by atoms with Gasteiger partial charge in [-0.2, -0.15) is 0 Å². The standard InChI is InChI=1S/C16H19NO2S2/c1-2-17-8-7-16(19,14-6-4-10-21-14)12(11-17)15(18)13-5-3-9-20-13/h3-6,9-10,12,19H,2,7-8,11H2,1H3. The summed E-state index contributed by atoms with van der Waals surface area (Å²) in [4.78, 5) is 16.8. The number of ketones is 1. The van der Waals surface area contributed by atoms with Crippen molar-refractivity contribution in [2.24, 2.45) is 5.92 Å². The van der Waals surface area contributed by atoms with Crippen LogP contribution in [0.2, 0.25) is 0 Å². The van der Waals surface area contributed by atoms with Gasteiger partial charge in [-0.25, -0.2) is 0 Å². The molecule has 1 fully saturated rings. The molecular weight excluding hydrogens is 302 g/mol. The van der Waals surface area contributed by atoms with Crippen LogP contribution >= 0.6 is 22.7 Å². The summed E-state index contributed by atoms with van der Waals surface area (Å²) in [6, 6.07) is 7.63. The molecule has 2 atom stereocenters. The van der Waals surface area contributed by atoms with Crippen LogP contribution < -0.4 is 0 Å². The number of hydrogen-bond donors (Lipinski definition) is 1. The lowest BCUT2D eigenvalue weighted by molar-refractivity contribution is -0.0604. The Hall–Kier alpha value is -1.01. The van der Waals surface area contributed by atoms with E-state index in [0.29, 0.717) is 13.0 Å². The lowest BCUT2D eigenvalue weighted by Gasteiger charge is -2.43. The Morgan fingerprint density at radius 3 is 2.76 bits per heavy atom. The predicted molar refractivity (Wildman–Crippen MR) is 87.1 cm³/mol. The smallest absolute Gasteiger partial charge is 0.180 e. The summed E-state index contributed by atoms with van der Waals surface area (Å²) < 4.78 is 0. The predicted octanol–water partition coefficient (Wildman–Crippen LogP) is 3.22. The summed E-state index contributed by atoms with van der Waals surface area (Å²) in [7, 11) is 0. The Labute approximate surface area is 132 Å². The second-order valence-corrected chi connectivity index (χ2v) is 7.33. The molecule has 0 radical (unpaired) electrons. The molecule has 3 rings (SSSR count). The molecule has 0 aromatic carbocycles. The van der Waals surface area contributed by atoms with E-state index in [9.17, 15) is 9.90 Å². The molecule has 3 nitrogen and oxygen atoms in total. The highest BCUT2D eigenvalue weighted by Crippen LogP contribution is 2.41. The molecule has 1 saturated heterocycles. The summed E-state index contributed by atoms with van der Waals surface area (Å²) >= 11 is 2.99. The van der Waals surface area contributed by atoms with E-state index in [1.54, 1.807) is 0 Å². The highest BCUT2D eigenvalue weighted by molar-refractivity contribution is 7.12. The van der Waals surface area contributed by atoms with Crippen LogP contribution in [-0.2, 0) is 5.60 Å². The summed E-state index contributed by atoms with van der Waals surface area (Å²) in [6.45, 7) is 4.47. The van der Waals surface area contributed by atoms with Gasteiger partial charge >= 0.3 is 0 Å². The third-order valence-corrected chi connectivity index (χ3v) is 6.22. The molecule has 5 heteroatoms. The summed E-state index contributed by atoms with van der Waals surface area (Å²) in [5.74, 6) is -0.317. The van der Waals surface area contributed by atoms with E-state index in [2.05, 4.69) is 11.8 Å². The third-order valence-electron chi connectivity index (χ3n) is 4.30. The summed E-state index contributed by atoms with van der Waals surface area (Å²) in [5.41, 5.74) is -1.03. The van der Waals surface area contributed by atoms with E-state index >= 15 is 0 Å². The molecule has 2 unspecified atom stereocenters. The molecule has 0 aliphatic carbocycles. The molecule has 1 N–H and O–H groups in total. The first-order valence-corrected chi connectivity index (χ1v) is 8.97. The molecule has 0 saturated carbocycles. The van der Waals surface area contributed by atoms with E-state index in [-0.39, 0.29) is 11.7 Å². The summed E-state index contributed by atoms with van der Waals surface area (Å²) in [5, 5.41) is 15.1. The Kier molecular flexibility index (Phi) is 4.26. The molecule has 0 spiro atoms. The molecule has 1 aliphatic rings. The van der Waals surface area contributed by atoms with Gasteiger partial charge in [-0.1, -0.05) is 19.1 Å². The number of rotatable bonds is 4. The molecule has 21 heavy (non-hydrogen) atoms. The van der Waals surface area contributed by atoms with E-state index in [1.807, 2.05) is 35.0 Å². The minimum Gasteiger partial charge on any atom is -0.383 e. The Morgan fingerprint density at radius 2 is 2.14 bits per heavy atom. The highest BCUT2D eigenvalue weighted by Gasteiger charge is 2.47. The van der Waals surface area contributed by atoms with E-state index in [4.69, 9.17) is 0 Å². The van der Waals surface area contributed by atoms with Gasteiger partial charge in [0.1, 0.15) is 5.60 Å². The van der Waals surface area contributed by atoms with Crippen molar-refractivity contribution < 1.29 is 9.90 Å². The second-order valence-electron chi connectivity index (χ2n) is 5.44. The van der Waals surface area contributed by atoms with Crippen molar-refractivity contribution in [2.45, 2.75) is 18.9 Å². The number of nitrogens with zero attached hydrogens (tertiary/aromatic N) is 1. The van der Waals surface area contributed by atoms with Gasteiger partial charge < -0.3 is 10.0 Å². The van der Waals surface area contributed by atoms with Crippen LogP contribution in [0.5, 0.6) is 0 Å². The van der Waals surface area contributed by atoms with Gasteiger partial charge in [0.25, 0.3) is 0 Å². The molecule has 3 heterocycles. The number of likely N-dealkylation sites (tertiary alicyclic amines) is 1. The number of thiophene rings is 2. The van der Waals surface area contributed by atoms with Gasteiger partial charge in [0, 0.05) is 18.0 Å². The quantitative estimate of drug-likeness (QED) is 0.879. The number of aliphatic hydroxyl groups is 1.